The number of ether oxygens (including phenoxy) is 1. The number of carboxylic acid groups (broad SMARTS) is 1. The summed E-state index contributed by atoms with van der Waals surface area (Å²) in [6, 6.07) is 16.3. The molecule has 1 unspecified atom stereocenters. The number of nitrogens with one attached hydrogen (secondary N) is 2. The van der Waals surface area contributed by atoms with Crippen molar-refractivity contribution < 1.29 is 24.2 Å². The maximum absolute atomic E-state index is 12.7. The van der Waals surface area contributed by atoms with E-state index in [1.807, 2.05) is 24.3 Å². The molecule has 2 fully saturated rings. The Morgan fingerprint density at radius 2 is 1.59 bits per heavy atom. The number of carbonyl (C=O) groups is 3. The van der Waals surface area contributed by atoms with E-state index in [0.717, 1.165) is 24.0 Å². The lowest BCUT2D eigenvalue weighted by molar-refractivity contribution is -0.142. The minimum Gasteiger partial charge on any atom is -0.481 e. The van der Waals surface area contributed by atoms with Crippen LogP contribution in [0.15, 0.2) is 48.5 Å². The van der Waals surface area contributed by atoms with Crippen LogP contribution in [0.3, 0.4) is 0 Å². The number of hydrogen-bond acceptors (Lipinski definition) is 4. The van der Waals surface area contributed by atoms with E-state index in [2.05, 4.69) is 34.9 Å². The Labute approximate surface area is 198 Å². The molecule has 0 radical (unpaired) electrons. The summed E-state index contributed by atoms with van der Waals surface area (Å²) in [4.78, 5) is 36.6. The quantitative estimate of drug-likeness (QED) is 0.496. The highest BCUT2D eigenvalue weighted by Gasteiger charge is 2.50. The van der Waals surface area contributed by atoms with Gasteiger partial charge in [0, 0.05) is 19.0 Å². The number of aliphatic carboxylic acids is 1. The van der Waals surface area contributed by atoms with Gasteiger partial charge >= 0.3 is 12.1 Å². The molecule has 34 heavy (non-hydrogen) atoms. The molecule has 7 nitrogen and oxygen atoms in total. The molecule has 3 aliphatic carbocycles. The van der Waals surface area contributed by atoms with Crippen molar-refractivity contribution in [2.24, 2.45) is 17.3 Å². The van der Waals surface area contributed by atoms with E-state index >= 15 is 0 Å². The SMILES string of the molecule is O=C(NCC1(C(=O)NCC(CC2CC2)C(=O)O)CC1)OCC1c2ccccc2-c2ccccc21. The van der Waals surface area contributed by atoms with E-state index in [9.17, 15) is 19.5 Å². The second-order valence-electron chi connectivity index (χ2n) is 9.88. The Hall–Kier alpha value is -3.35. The van der Waals surface area contributed by atoms with Gasteiger partial charge in [0.2, 0.25) is 5.91 Å². The normalized spacial score (nSPS) is 18.4. The lowest BCUT2D eigenvalue weighted by atomic mass is 9.98. The van der Waals surface area contributed by atoms with Crippen molar-refractivity contribution in [1.82, 2.24) is 10.6 Å². The number of fused-ring (bicyclic) bond motifs is 3. The fourth-order valence-corrected chi connectivity index (χ4v) is 4.96. The topological polar surface area (TPSA) is 105 Å². The second kappa shape index (κ2) is 9.12. The van der Waals surface area contributed by atoms with Crippen molar-refractivity contribution in [1.29, 1.82) is 0 Å². The Balaban J connectivity index is 1.12. The molecule has 0 aromatic heterocycles. The van der Waals surface area contributed by atoms with Crippen LogP contribution in [0.4, 0.5) is 4.79 Å². The van der Waals surface area contributed by atoms with Crippen molar-refractivity contribution in [2.45, 2.75) is 38.0 Å². The van der Waals surface area contributed by atoms with Gasteiger partial charge in [0.05, 0.1) is 11.3 Å². The van der Waals surface area contributed by atoms with Gasteiger partial charge in [-0.15, -0.1) is 0 Å². The van der Waals surface area contributed by atoms with Crippen molar-refractivity contribution in [3.8, 4) is 11.1 Å². The molecule has 0 saturated heterocycles. The average Bonchev–Trinajstić information content (AvgIpc) is 3.77. The molecule has 3 N–H and O–H groups in total. The predicted molar refractivity (Wildman–Crippen MR) is 126 cm³/mol. The molecule has 7 heteroatoms. The van der Waals surface area contributed by atoms with Gasteiger partial charge in [-0.05, 0) is 47.4 Å². The second-order valence-corrected chi connectivity index (χ2v) is 9.88. The van der Waals surface area contributed by atoms with Gasteiger partial charge in [0.25, 0.3) is 0 Å². The maximum atomic E-state index is 12.7. The fourth-order valence-electron chi connectivity index (χ4n) is 4.96. The van der Waals surface area contributed by atoms with E-state index in [0.29, 0.717) is 25.2 Å². The molecule has 0 aliphatic heterocycles. The van der Waals surface area contributed by atoms with Gasteiger partial charge in [0.15, 0.2) is 0 Å². The maximum Gasteiger partial charge on any atom is 0.407 e. The van der Waals surface area contributed by atoms with Crippen LogP contribution >= 0.6 is 0 Å². The zero-order chi connectivity index (χ0) is 23.7. The number of amides is 2. The van der Waals surface area contributed by atoms with Gasteiger partial charge in [-0.1, -0.05) is 61.4 Å². The summed E-state index contributed by atoms with van der Waals surface area (Å²) in [5.74, 6) is -1.15. The number of hydrogen-bond donors (Lipinski definition) is 3. The van der Waals surface area contributed by atoms with Crippen LogP contribution in [0.5, 0.6) is 0 Å². The molecular weight excluding hydrogens is 432 g/mol. The van der Waals surface area contributed by atoms with Crippen molar-refractivity contribution in [3.05, 3.63) is 59.7 Å². The highest BCUT2D eigenvalue weighted by Crippen LogP contribution is 2.46. The standard InChI is InChI=1S/C27H30N2O5/c30-24(31)18(13-17-9-10-17)14-28-25(32)27(11-12-27)16-29-26(33)34-15-23-21-7-3-1-5-19(21)20-6-2-4-8-22(20)23/h1-8,17-18,23H,9-16H2,(H,28,32)(H,29,33)(H,30,31). The van der Waals surface area contributed by atoms with Crippen LogP contribution < -0.4 is 10.6 Å². The van der Waals surface area contributed by atoms with Gasteiger partial charge in [-0.25, -0.2) is 4.79 Å². The summed E-state index contributed by atoms with van der Waals surface area (Å²) in [5, 5.41) is 15.0. The van der Waals surface area contributed by atoms with Crippen molar-refractivity contribution >= 4 is 18.0 Å². The molecule has 178 valence electrons. The molecule has 1 atom stereocenters. The molecule has 3 aliphatic rings. The molecule has 0 spiro atoms. The lowest BCUT2D eigenvalue weighted by Crippen LogP contribution is -2.43. The molecule has 0 heterocycles. The minimum atomic E-state index is -0.867. The van der Waals surface area contributed by atoms with Crippen LogP contribution in [0, 0.1) is 17.3 Å². The molecule has 2 amide bonds. The zero-order valence-electron chi connectivity index (χ0n) is 19.1. The van der Waals surface area contributed by atoms with Gasteiger partial charge in [-0.3, -0.25) is 9.59 Å². The Morgan fingerprint density at radius 1 is 0.971 bits per heavy atom. The summed E-state index contributed by atoms with van der Waals surface area (Å²) < 4.78 is 5.56. The first kappa shape index (κ1) is 22.4. The van der Waals surface area contributed by atoms with E-state index in [4.69, 9.17) is 4.74 Å². The highest BCUT2D eigenvalue weighted by atomic mass is 16.5. The van der Waals surface area contributed by atoms with Gasteiger partial charge in [0.1, 0.15) is 6.61 Å². The highest BCUT2D eigenvalue weighted by molar-refractivity contribution is 5.86. The molecule has 2 aromatic carbocycles. The van der Waals surface area contributed by atoms with Crippen LogP contribution in [-0.4, -0.2) is 42.8 Å². The smallest absolute Gasteiger partial charge is 0.407 e. The monoisotopic (exact) mass is 462 g/mol. The van der Waals surface area contributed by atoms with Crippen molar-refractivity contribution in [2.75, 3.05) is 19.7 Å². The number of carbonyl (C=O) groups excluding carboxylic acids is 2. The summed E-state index contributed by atoms with van der Waals surface area (Å²) in [6.07, 6.45) is 3.56. The van der Waals surface area contributed by atoms with Crippen LogP contribution in [-0.2, 0) is 14.3 Å². The van der Waals surface area contributed by atoms with E-state index in [1.165, 1.54) is 11.1 Å². The van der Waals surface area contributed by atoms with E-state index in [-0.39, 0.29) is 31.5 Å². The molecular formula is C27H30N2O5. The number of carboxylic acids is 1. The van der Waals surface area contributed by atoms with Gasteiger partial charge < -0.3 is 20.5 Å². The summed E-state index contributed by atoms with van der Waals surface area (Å²) in [6.45, 7) is 0.549. The Kier molecular flexibility index (Phi) is 6.02. The third-order valence-corrected chi connectivity index (χ3v) is 7.42. The number of alkyl carbamates (subject to hydrolysis) is 1. The first-order valence-corrected chi connectivity index (χ1v) is 12.1. The third kappa shape index (κ3) is 4.65. The molecule has 2 aromatic rings. The number of benzene rings is 2. The third-order valence-electron chi connectivity index (χ3n) is 7.42. The van der Waals surface area contributed by atoms with Gasteiger partial charge in [-0.2, -0.15) is 0 Å². The first-order valence-electron chi connectivity index (χ1n) is 12.1. The summed E-state index contributed by atoms with van der Waals surface area (Å²) >= 11 is 0. The predicted octanol–water partition coefficient (Wildman–Crippen LogP) is 3.92. The van der Waals surface area contributed by atoms with E-state index in [1.54, 1.807) is 0 Å². The first-order chi connectivity index (χ1) is 16.5. The van der Waals surface area contributed by atoms with E-state index < -0.39 is 23.4 Å². The van der Waals surface area contributed by atoms with Crippen molar-refractivity contribution in [3.63, 3.8) is 0 Å². The van der Waals surface area contributed by atoms with Crippen LogP contribution in [0.1, 0.15) is 49.1 Å². The number of rotatable bonds is 10. The fraction of sp³-hybridized carbons (Fsp3) is 0.444. The lowest BCUT2D eigenvalue weighted by Gasteiger charge is -2.19. The molecule has 0 bridgehead atoms. The molecule has 2 saturated carbocycles. The summed E-state index contributed by atoms with van der Waals surface area (Å²) in [5.41, 5.74) is 3.97. The van der Waals surface area contributed by atoms with Crippen LogP contribution in [0.2, 0.25) is 0 Å². The molecule has 5 rings (SSSR count). The largest absolute Gasteiger partial charge is 0.481 e. The zero-order valence-corrected chi connectivity index (χ0v) is 19.1. The van der Waals surface area contributed by atoms with Crippen LogP contribution in [0.25, 0.3) is 11.1 Å². The Morgan fingerprint density at radius 3 is 2.15 bits per heavy atom. The summed E-state index contributed by atoms with van der Waals surface area (Å²) in [7, 11) is 0. The average molecular weight is 463 g/mol. The minimum absolute atomic E-state index is 0.0178. The Bertz CT molecular complexity index is 1060.